The van der Waals surface area contributed by atoms with Crippen molar-refractivity contribution in [3.63, 3.8) is 0 Å². The molecular formula is C19H15N3O2S. The van der Waals surface area contributed by atoms with E-state index in [1.807, 2.05) is 47.8 Å². The van der Waals surface area contributed by atoms with Crippen LogP contribution in [0.2, 0.25) is 0 Å². The SMILES string of the molecule is COc1nc(-c2ccc(NC(C)=O)cc2)cc(-c2cccs2)c1C#N. The predicted octanol–water partition coefficient (Wildman–Crippen LogP) is 4.32. The predicted molar refractivity (Wildman–Crippen MR) is 98.6 cm³/mol. The molecule has 0 aliphatic rings. The van der Waals surface area contributed by atoms with Crippen molar-refractivity contribution in [2.75, 3.05) is 12.4 Å². The Morgan fingerprint density at radius 2 is 2.04 bits per heavy atom. The molecule has 25 heavy (non-hydrogen) atoms. The Morgan fingerprint density at radius 3 is 2.60 bits per heavy atom. The van der Waals surface area contributed by atoms with Crippen molar-refractivity contribution in [2.24, 2.45) is 0 Å². The zero-order chi connectivity index (χ0) is 17.8. The van der Waals surface area contributed by atoms with Crippen LogP contribution in [0.3, 0.4) is 0 Å². The monoisotopic (exact) mass is 349 g/mol. The molecule has 0 saturated heterocycles. The minimum absolute atomic E-state index is 0.120. The number of rotatable bonds is 4. The summed E-state index contributed by atoms with van der Waals surface area (Å²) in [6.45, 7) is 1.47. The number of hydrogen-bond acceptors (Lipinski definition) is 5. The molecule has 3 aromatic rings. The number of ether oxygens (including phenoxy) is 1. The summed E-state index contributed by atoms with van der Waals surface area (Å²) in [5.41, 5.74) is 3.51. The van der Waals surface area contributed by atoms with Gasteiger partial charge in [-0.3, -0.25) is 4.79 Å². The third kappa shape index (κ3) is 3.52. The molecule has 3 rings (SSSR count). The van der Waals surface area contributed by atoms with Crippen LogP contribution in [0.25, 0.3) is 21.7 Å². The number of hydrogen-bond donors (Lipinski definition) is 1. The molecule has 124 valence electrons. The van der Waals surface area contributed by atoms with Gasteiger partial charge in [0.25, 0.3) is 0 Å². The van der Waals surface area contributed by atoms with E-state index in [0.29, 0.717) is 17.1 Å². The second kappa shape index (κ2) is 7.16. The van der Waals surface area contributed by atoms with Crippen LogP contribution < -0.4 is 10.1 Å². The Labute approximate surface area is 149 Å². The van der Waals surface area contributed by atoms with Gasteiger partial charge in [0.1, 0.15) is 11.6 Å². The minimum atomic E-state index is -0.120. The van der Waals surface area contributed by atoms with Crippen molar-refractivity contribution in [1.82, 2.24) is 4.98 Å². The number of amides is 1. The molecule has 1 N–H and O–H groups in total. The van der Waals surface area contributed by atoms with E-state index in [1.165, 1.54) is 14.0 Å². The summed E-state index contributed by atoms with van der Waals surface area (Å²) in [6.07, 6.45) is 0. The number of benzene rings is 1. The molecule has 0 spiro atoms. The third-order valence-corrected chi connectivity index (χ3v) is 4.48. The number of aromatic nitrogens is 1. The second-order valence-electron chi connectivity index (χ2n) is 5.29. The third-order valence-electron chi connectivity index (χ3n) is 3.58. The van der Waals surface area contributed by atoms with Gasteiger partial charge >= 0.3 is 0 Å². The number of nitriles is 1. The van der Waals surface area contributed by atoms with Crippen molar-refractivity contribution in [3.8, 4) is 33.6 Å². The first-order valence-corrected chi connectivity index (χ1v) is 8.41. The largest absolute Gasteiger partial charge is 0.480 e. The summed E-state index contributed by atoms with van der Waals surface area (Å²) in [4.78, 5) is 16.6. The average molecular weight is 349 g/mol. The van der Waals surface area contributed by atoms with Gasteiger partial charge in [0.2, 0.25) is 11.8 Å². The molecular weight excluding hydrogens is 334 g/mol. The molecule has 1 amide bonds. The van der Waals surface area contributed by atoms with Gasteiger partial charge < -0.3 is 10.1 Å². The van der Waals surface area contributed by atoms with Gasteiger partial charge in [0.05, 0.1) is 12.8 Å². The molecule has 0 fully saturated rings. The van der Waals surface area contributed by atoms with Crippen molar-refractivity contribution >= 4 is 22.9 Å². The van der Waals surface area contributed by atoms with Crippen LogP contribution in [-0.4, -0.2) is 18.0 Å². The lowest BCUT2D eigenvalue weighted by Gasteiger charge is -2.11. The maximum atomic E-state index is 11.1. The Balaban J connectivity index is 2.09. The number of carbonyl (C=O) groups excluding carboxylic acids is 1. The summed E-state index contributed by atoms with van der Waals surface area (Å²) in [5, 5.41) is 14.2. The topological polar surface area (TPSA) is 75.0 Å². The summed E-state index contributed by atoms with van der Waals surface area (Å²) >= 11 is 1.56. The van der Waals surface area contributed by atoms with Gasteiger partial charge in [-0.2, -0.15) is 5.26 Å². The maximum Gasteiger partial charge on any atom is 0.232 e. The quantitative estimate of drug-likeness (QED) is 0.761. The zero-order valence-corrected chi connectivity index (χ0v) is 14.6. The van der Waals surface area contributed by atoms with Crippen molar-refractivity contribution in [2.45, 2.75) is 6.92 Å². The second-order valence-corrected chi connectivity index (χ2v) is 6.23. The Morgan fingerprint density at radius 1 is 1.28 bits per heavy atom. The van der Waals surface area contributed by atoms with Gasteiger partial charge in [-0.25, -0.2) is 4.98 Å². The molecule has 2 heterocycles. The Bertz CT molecular complexity index is 942. The molecule has 0 aliphatic carbocycles. The highest BCUT2D eigenvalue weighted by atomic mass is 32.1. The lowest BCUT2D eigenvalue weighted by molar-refractivity contribution is -0.114. The summed E-state index contributed by atoms with van der Waals surface area (Å²) < 4.78 is 5.33. The zero-order valence-electron chi connectivity index (χ0n) is 13.7. The van der Waals surface area contributed by atoms with Crippen LogP contribution in [0.1, 0.15) is 12.5 Å². The van der Waals surface area contributed by atoms with E-state index < -0.39 is 0 Å². The van der Waals surface area contributed by atoms with E-state index >= 15 is 0 Å². The number of methoxy groups -OCH3 is 1. The van der Waals surface area contributed by atoms with E-state index in [-0.39, 0.29) is 5.91 Å². The van der Waals surface area contributed by atoms with Crippen LogP contribution in [0.4, 0.5) is 5.69 Å². The normalized spacial score (nSPS) is 10.1. The first-order valence-electron chi connectivity index (χ1n) is 7.53. The van der Waals surface area contributed by atoms with Gasteiger partial charge in [0.15, 0.2) is 0 Å². The highest BCUT2D eigenvalue weighted by Crippen LogP contribution is 2.35. The molecule has 0 atom stereocenters. The standard InChI is InChI=1S/C19H15N3O2S/c1-12(23)21-14-7-5-13(6-8-14)17-10-15(18-4-3-9-25-18)16(11-20)19(22-17)24-2/h3-10H,1-2H3,(H,21,23). The van der Waals surface area contributed by atoms with E-state index in [1.54, 1.807) is 11.3 Å². The van der Waals surface area contributed by atoms with Crippen LogP contribution in [0, 0.1) is 11.3 Å². The summed E-state index contributed by atoms with van der Waals surface area (Å²) in [7, 11) is 1.50. The van der Waals surface area contributed by atoms with E-state index in [4.69, 9.17) is 4.74 Å². The summed E-state index contributed by atoms with van der Waals surface area (Å²) in [5.74, 6) is 0.181. The molecule has 0 unspecified atom stereocenters. The maximum absolute atomic E-state index is 11.1. The van der Waals surface area contributed by atoms with Crippen LogP contribution in [0.5, 0.6) is 5.88 Å². The highest BCUT2D eigenvalue weighted by molar-refractivity contribution is 7.13. The first-order chi connectivity index (χ1) is 12.1. The number of carbonyl (C=O) groups is 1. The number of nitrogens with one attached hydrogen (secondary N) is 1. The Hall–Kier alpha value is -3.17. The number of anilines is 1. The molecule has 2 aromatic heterocycles. The lowest BCUT2D eigenvalue weighted by atomic mass is 10.0. The van der Waals surface area contributed by atoms with Crippen LogP contribution in [-0.2, 0) is 4.79 Å². The smallest absolute Gasteiger partial charge is 0.232 e. The molecule has 0 saturated carbocycles. The van der Waals surface area contributed by atoms with Gasteiger partial charge in [-0.1, -0.05) is 18.2 Å². The number of pyridine rings is 1. The van der Waals surface area contributed by atoms with Crippen LogP contribution >= 0.6 is 11.3 Å². The molecule has 0 aliphatic heterocycles. The van der Waals surface area contributed by atoms with Gasteiger partial charge in [0, 0.05) is 28.6 Å². The number of thiophene rings is 1. The summed E-state index contributed by atoms with van der Waals surface area (Å²) in [6, 6.07) is 15.3. The van der Waals surface area contributed by atoms with Gasteiger partial charge in [-0.15, -0.1) is 11.3 Å². The van der Waals surface area contributed by atoms with Crippen molar-refractivity contribution in [1.29, 1.82) is 5.26 Å². The van der Waals surface area contributed by atoms with Crippen molar-refractivity contribution < 1.29 is 9.53 Å². The lowest BCUT2D eigenvalue weighted by Crippen LogP contribution is -2.05. The average Bonchev–Trinajstić information content (AvgIpc) is 3.15. The number of nitrogens with zero attached hydrogens (tertiary/aromatic N) is 2. The molecule has 0 radical (unpaired) electrons. The van der Waals surface area contributed by atoms with E-state index in [9.17, 15) is 10.1 Å². The molecule has 0 bridgehead atoms. The van der Waals surface area contributed by atoms with E-state index in [0.717, 1.165) is 21.7 Å². The fourth-order valence-corrected chi connectivity index (χ4v) is 3.23. The molecule has 6 heteroatoms. The minimum Gasteiger partial charge on any atom is -0.480 e. The first kappa shape index (κ1) is 16.7. The molecule has 5 nitrogen and oxygen atoms in total. The van der Waals surface area contributed by atoms with E-state index in [2.05, 4.69) is 16.4 Å². The highest BCUT2D eigenvalue weighted by Gasteiger charge is 2.16. The fraction of sp³-hybridized carbons (Fsp3) is 0.105. The Kier molecular flexibility index (Phi) is 4.78. The molecule has 1 aromatic carbocycles. The van der Waals surface area contributed by atoms with Crippen molar-refractivity contribution in [3.05, 3.63) is 53.4 Å². The fourth-order valence-electron chi connectivity index (χ4n) is 2.48. The van der Waals surface area contributed by atoms with Crippen LogP contribution in [0.15, 0.2) is 47.8 Å². The van der Waals surface area contributed by atoms with Gasteiger partial charge in [-0.05, 0) is 29.6 Å².